The number of nitrogens with one attached hydrogen (secondary N) is 1. The van der Waals surface area contributed by atoms with Gasteiger partial charge in [0.2, 0.25) is 5.95 Å². The lowest BCUT2D eigenvalue weighted by atomic mass is 9.80. The second-order valence-electron chi connectivity index (χ2n) is 3.79. The number of hydrogen-bond acceptors (Lipinski definition) is 3. The van der Waals surface area contributed by atoms with E-state index in [9.17, 15) is 5.11 Å². The summed E-state index contributed by atoms with van der Waals surface area (Å²) in [5.41, 5.74) is -0.480. The smallest absolute Gasteiger partial charge is 0.202 e. The SMILES string of the molecule is Cn1ccnc1NCC1(O)CCC1. The number of aromatic nitrogens is 2. The standard InChI is InChI=1S/C9H15N3O/c1-12-6-5-10-8(12)11-7-9(13)3-2-4-9/h5-6,13H,2-4,7H2,1H3,(H,10,11). The molecule has 4 heteroatoms. The van der Waals surface area contributed by atoms with Gasteiger partial charge in [-0.2, -0.15) is 0 Å². The van der Waals surface area contributed by atoms with Crippen LogP contribution in [0.4, 0.5) is 5.95 Å². The zero-order valence-corrected chi connectivity index (χ0v) is 7.82. The third-order valence-electron chi connectivity index (χ3n) is 2.68. The molecule has 1 aromatic heterocycles. The van der Waals surface area contributed by atoms with Gasteiger partial charge in [0.25, 0.3) is 0 Å². The first kappa shape index (κ1) is 8.56. The lowest BCUT2D eigenvalue weighted by molar-refractivity contribution is -0.0203. The lowest BCUT2D eigenvalue weighted by Crippen LogP contribution is -2.43. The molecule has 2 rings (SSSR count). The molecular weight excluding hydrogens is 166 g/mol. The van der Waals surface area contributed by atoms with E-state index in [2.05, 4.69) is 10.3 Å². The number of nitrogens with zero attached hydrogens (tertiary/aromatic N) is 2. The summed E-state index contributed by atoms with van der Waals surface area (Å²) in [6.45, 7) is 0.609. The van der Waals surface area contributed by atoms with Crippen LogP contribution >= 0.6 is 0 Å². The molecule has 72 valence electrons. The van der Waals surface area contributed by atoms with Crippen LogP contribution in [0.2, 0.25) is 0 Å². The van der Waals surface area contributed by atoms with Gasteiger partial charge in [-0.05, 0) is 19.3 Å². The van der Waals surface area contributed by atoms with E-state index in [1.165, 1.54) is 0 Å². The molecule has 0 aliphatic heterocycles. The quantitative estimate of drug-likeness (QED) is 0.723. The van der Waals surface area contributed by atoms with Crippen molar-refractivity contribution in [3.63, 3.8) is 0 Å². The summed E-state index contributed by atoms with van der Waals surface area (Å²) in [6, 6.07) is 0. The average Bonchev–Trinajstić information content (AvgIpc) is 2.44. The van der Waals surface area contributed by atoms with Crippen molar-refractivity contribution in [2.24, 2.45) is 7.05 Å². The Balaban J connectivity index is 1.89. The van der Waals surface area contributed by atoms with Crippen LogP contribution in [0, 0.1) is 0 Å². The predicted molar refractivity (Wildman–Crippen MR) is 50.5 cm³/mol. The summed E-state index contributed by atoms with van der Waals surface area (Å²) in [6.07, 6.45) is 6.58. The van der Waals surface area contributed by atoms with Crippen LogP contribution in [0.5, 0.6) is 0 Å². The molecule has 1 saturated carbocycles. The third-order valence-corrected chi connectivity index (χ3v) is 2.68. The number of aryl methyl sites for hydroxylation is 1. The maximum absolute atomic E-state index is 9.80. The maximum atomic E-state index is 9.80. The van der Waals surface area contributed by atoms with Crippen molar-refractivity contribution >= 4 is 5.95 Å². The first-order chi connectivity index (χ1) is 6.20. The summed E-state index contributed by atoms with van der Waals surface area (Å²) in [5.74, 6) is 0.820. The fraction of sp³-hybridized carbons (Fsp3) is 0.667. The van der Waals surface area contributed by atoms with Crippen molar-refractivity contribution in [3.05, 3.63) is 12.4 Å². The van der Waals surface area contributed by atoms with Crippen LogP contribution in [-0.2, 0) is 7.05 Å². The Bertz CT molecular complexity index is 291. The second kappa shape index (κ2) is 3.03. The van der Waals surface area contributed by atoms with Gasteiger partial charge in [0, 0.05) is 26.0 Å². The van der Waals surface area contributed by atoms with Gasteiger partial charge in [-0.15, -0.1) is 0 Å². The zero-order valence-electron chi connectivity index (χ0n) is 7.82. The lowest BCUT2D eigenvalue weighted by Gasteiger charge is -2.36. The number of aliphatic hydroxyl groups is 1. The highest BCUT2D eigenvalue weighted by atomic mass is 16.3. The molecule has 2 N–H and O–H groups in total. The Kier molecular flexibility index (Phi) is 2.00. The van der Waals surface area contributed by atoms with Crippen LogP contribution in [0.1, 0.15) is 19.3 Å². The van der Waals surface area contributed by atoms with E-state index in [4.69, 9.17) is 0 Å². The van der Waals surface area contributed by atoms with Crippen LogP contribution in [0.25, 0.3) is 0 Å². The van der Waals surface area contributed by atoms with E-state index in [0.29, 0.717) is 6.54 Å². The van der Waals surface area contributed by atoms with Gasteiger partial charge in [-0.25, -0.2) is 4.98 Å². The van der Waals surface area contributed by atoms with Crippen molar-refractivity contribution in [1.29, 1.82) is 0 Å². The maximum Gasteiger partial charge on any atom is 0.202 e. The number of imidazole rings is 1. The van der Waals surface area contributed by atoms with E-state index in [1.54, 1.807) is 6.20 Å². The first-order valence-electron chi connectivity index (χ1n) is 4.63. The van der Waals surface area contributed by atoms with Crippen LogP contribution in [-0.4, -0.2) is 26.8 Å². The summed E-state index contributed by atoms with van der Waals surface area (Å²) < 4.78 is 1.90. The zero-order chi connectivity index (χ0) is 9.31. The van der Waals surface area contributed by atoms with E-state index in [0.717, 1.165) is 25.2 Å². The predicted octanol–water partition coefficient (Wildman–Crippen LogP) is 0.747. The molecule has 0 atom stereocenters. The molecular formula is C9H15N3O. The molecule has 0 aromatic carbocycles. The third kappa shape index (κ3) is 1.67. The fourth-order valence-corrected chi connectivity index (χ4v) is 1.54. The summed E-state index contributed by atoms with van der Waals surface area (Å²) in [4.78, 5) is 4.12. The van der Waals surface area contributed by atoms with Gasteiger partial charge < -0.3 is 15.0 Å². The molecule has 1 aromatic rings. The largest absolute Gasteiger partial charge is 0.388 e. The van der Waals surface area contributed by atoms with E-state index < -0.39 is 5.60 Å². The van der Waals surface area contributed by atoms with Gasteiger partial charge in [-0.1, -0.05) is 0 Å². The van der Waals surface area contributed by atoms with Gasteiger partial charge >= 0.3 is 0 Å². The highest BCUT2D eigenvalue weighted by Crippen LogP contribution is 2.31. The average molecular weight is 181 g/mol. The van der Waals surface area contributed by atoms with Crippen LogP contribution in [0.3, 0.4) is 0 Å². The van der Waals surface area contributed by atoms with Crippen molar-refractivity contribution < 1.29 is 5.11 Å². The molecule has 13 heavy (non-hydrogen) atoms. The molecule has 0 unspecified atom stereocenters. The summed E-state index contributed by atoms with van der Waals surface area (Å²) >= 11 is 0. The molecule has 0 radical (unpaired) electrons. The van der Waals surface area contributed by atoms with Crippen molar-refractivity contribution in [3.8, 4) is 0 Å². The molecule has 1 heterocycles. The van der Waals surface area contributed by atoms with Crippen LogP contribution in [0.15, 0.2) is 12.4 Å². The Hall–Kier alpha value is -1.03. The van der Waals surface area contributed by atoms with Gasteiger partial charge in [0.1, 0.15) is 0 Å². The first-order valence-corrected chi connectivity index (χ1v) is 4.63. The number of hydrogen-bond donors (Lipinski definition) is 2. The van der Waals surface area contributed by atoms with Crippen molar-refractivity contribution in [2.45, 2.75) is 24.9 Å². The Labute approximate surface area is 77.6 Å². The number of rotatable bonds is 3. The molecule has 0 amide bonds. The van der Waals surface area contributed by atoms with Crippen molar-refractivity contribution in [1.82, 2.24) is 9.55 Å². The molecule has 1 fully saturated rings. The topological polar surface area (TPSA) is 50.1 Å². The molecule has 0 bridgehead atoms. The molecule has 4 nitrogen and oxygen atoms in total. The molecule has 0 saturated heterocycles. The van der Waals surface area contributed by atoms with E-state index in [1.807, 2.05) is 17.8 Å². The minimum absolute atomic E-state index is 0.480. The Morgan fingerprint density at radius 2 is 2.46 bits per heavy atom. The Morgan fingerprint density at radius 3 is 2.92 bits per heavy atom. The van der Waals surface area contributed by atoms with Crippen LogP contribution < -0.4 is 5.32 Å². The molecule has 1 aliphatic carbocycles. The van der Waals surface area contributed by atoms with Gasteiger partial charge in [-0.3, -0.25) is 0 Å². The monoisotopic (exact) mass is 181 g/mol. The second-order valence-corrected chi connectivity index (χ2v) is 3.79. The Morgan fingerprint density at radius 1 is 1.69 bits per heavy atom. The summed E-state index contributed by atoms with van der Waals surface area (Å²) in [7, 11) is 1.93. The van der Waals surface area contributed by atoms with E-state index in [-0.39, 0.29) is 0 Å². The number of anilines is 1. The highest BCUT2D eigenvalue weighted by Gasteiger charge is 2.34. The minimum atomic E-state index is -0.480. The summed E-state index contributed by atoms with van der Waals surface area (Å²) in [5, 5.41) is 12.9. The van der Waals surface area contributed by atoms with Gasteiger partial charge in [0.05, 0.1) is 5.60 Å². The normalized spacial score (nSPS) is 19.5. The minimum Gasteiger partial charge on any atom is -0.388 e. The van der Waals surface area contributed by atoms with Crippen molar-refractivity contribution in [2.75, 3.05) is 11.9 Å². The molecule has 0 spiro atoms. The fourth-order valence-electron chi connectivity index (χ4n) is 1.54. The van der Waals surface area contributed by atoms with Gasteiger partial charge in [0.15, 0.2) is 0 Å². The highest BCUT2D eigenvalue weighted by molar-refractivity contribution is 5.26. The van der Waals surface area contributed by atoms with E-state index >= 15 is 0 Å². The molecule has 1 aliphatic rings.